The molecule has 0 bridgehead atoms. The molecule has 106 valence electrons. The van der Waals surface area contributed by atoms with Crippen LogP contribution >= 0.6 is 22.6 Å². The molecule has 2 unspecified atom stereocenters. The van der Waals surface area contributed by atoms with Crippen molar-refractivity contribution in [1.29, 1.82) is 0 Å². The molecule has 2 N–H and O–H groups in total. The highest BCUT2D eigenvalue weighted by Gasteiger charge is 2.32. The van der Waals surface area contributed by atoms with Crippen LogP contribution in [0.15, 0.2) is 24.3 Å². The molecule has 4 heteroatoms. The number of hydrogen-bond donors (Lipinski definition) is 1. The fraction of sp³-hybridized carbons (Fsp3) is 0.533. The van der Waals surface area contributed by atoms with E-state index in [1.54, 1.807) is 6.92 Å². The van der Waals surface area contributed by atoms with Crippen molar-refractivity contribution >= 4 is 28.4 Å². The molecule has 0 radical (unpaired) electrons. The number of carbonyl (C=O) groups is 1. The molecule has 0 aliphatic rings. The summed E-state index contributed by atoms with van der Waals surface area (Å²) >= 11 is 2.25. The molecule has 0 aliphatic heterocycles. The summed E-state index contributed by atoms with van der Waals surface area (Å²) in [5.74, 6) is 0.432. The van der Waals surface area contributed by atoms with Gasteiger partial charge in [0.05, 0.1) is 18.6 Å². The van der Waals surface area contributed by atoms with E-state index in [1.807, 2.05) is 38.1 Å². The Kier molecular flexibility index (Phi) is 6.42. The highest BCUT2D eigenvalue weighted by molar-refractivity contribution is 14.1. The van der Waals surface area contributed by atoms with E-state index in [0.29, 0.717) is 25.7 Å². The number of carbonyl (C=O) groups excluding carboxylic acids is 1. The third kappa shape index (κ3) is 4.54. The van der Waals surface area contributed by atoms with Crippen molar-refractivity contribution in [2.75, 3.05) is 19.8 Å². The molecule has 0 fully saturated rings. The molecular weight excluding hydrogens is 353 g/mol. The van der Waals surface area contributed by atoms with Crippen LogP contribution in [0.25, 0.3) is 0 Å². The van der Waals surface area contributed by atoms with Crippen LogP contribution < -0.4 is 5.73 Å². The Balaban J connectivity index is 2.83. The maximum atomic E-state index is 12.0. The Labute approximate surface area is 129 Å². The standard InChI is InChI=1S/C15H22INO2/c1-11(8-17)9-19-10-15(3,12(2)18)13-5-4-6-14(16)7-13/h4-7,11H,8-10,17H2,1-3H3. The number of rotatable bonds is 7. The summed E-state index contributed by atoms with van der Waals surface area (Å²) < 4.78 is 6.83. The van der Waals surface area contributed by atoms with Gasteiger partial charge < -0.3 is 10.5 Å². The van der Waals surface area contributed by atoms with Gasteiger partial charge in [0.25, 0.3) is 0 Å². The van der Waals surface area contributed by atoms with E-state index in [-0.39, 0.29) is 5.78 Å². The highest BCUT2D eigenvalue weighted by Crippen LogP contribution is 2.27. The third-order valence-electron chi connectivity index (χ3n) is 3.43. The first-order valence-electron chi connectivity index (χ1n) is 6.45. The predicted molar refractivity (Wildman–Crippen MR) is 86.2 cm³/mol. The summed E-state index contributed by atoms with van der Waals surface area (Å²) in [6.45, 7) is 7.18. The third-order valence-corrected chi connectivity index (χ3v) is 4.11. The van der Waals surface area contributed by atoms with Crippen molar-refractivity contribution in [2.45, 2.75) is 26.2 Å². The van der Waals surface area contributed by atoms with Gasteiger partial charge in [-0.05, 0) is 66.6 Å². The van der Waals surface area contributed by atoms with Crippen LogP contribution in [-0.4, -0.2) is 25.5 Å². The van der Waals surface area contributed by atoms with Crippen LogP contribution in [0, 0.1) is 9.49 Å². The molecule has 2 atom stereocenters. The molecular formula is C15H22INO2. The van der Waals surface area contributed by atoms with Crippen molar-refractivity contribution < 1.29 is 9.53 Å². The summed E-state index contributed by atoms with van der Waals surface area (Å²) in [6.07, 6.45) is 0. The zero-order valence-electron chi connectivity index (χ0n) is 11.8. The molecule has 3 nitrogen and oxygen atoms in total. The van der Waals surface area contributed by atoms with Crippen molar-refractivity contribution in [1.82, 2.24) is 0 Å². The van der Waals surface area contributed by atoms with Gasteiger partial charge in [0.1, 0.15) is 5.78 Å². The quantitative estimate of drug-likeness (QED) is 0.746. The monoisotopic (exact) mass is 375 g/mol. The second-order valence-electron chi connectivity index (χ2n) is 5.25. The molecule has 0 spiro atoms. The van der Waals surface area contributed by atoms with Crippen LogP contribution in [0.4, 0.5) is 0 Å². The van der Waals surface area contributed by atoms with Crippen LogP contribution in [0.5, 0.6) is 0 Å². The smallest absolute Gasteiger partial charge is 0.142 e. The van der Waals surface area contributed by atoms with Gasteiger partial charge in [-0.3, -0.25) is 4.79 Å². The maximum absolute atomic E-state index is 12.0. The Morgan fingerprint density at radius 3 is 2.74 bits per heavy atom. The second kappa shape index (κ2) is 7.36. The van der Waals surface area contributed by atoms with Gasteiger partial charge in [0.15, 0.2) is 0 Å². The van der Waals surface area contributed by atoms with Gasteiger partial charge in [0.2, 0.25) is 0 Å². The second-order valence-corrected chi connectivity index (χ2v) is 6.50. The van der Waals surface area contributed by atoms with Gasteiger partial charge in [-0.25, -0.2) is 0 Å². The summed E-state index contributed by atoms with van der Waals surface area (Å²) in [5.41, 5.74) is 5.98. The van der Waals surface area contributed by atoms with Crippen LogP contribution in [0.3, 0.4) is 0 Å². The average molecular weight is 375 g/mol. The summed E-state index contributed by atoms with van der Waals surface area (Å²) in [5, 5.41) is 0. The fourth-order valence-corrected chi connectivity index (χ4v) is 2.30. The summed E-state index contributed by atoms with van der Waals surface area (Å²) in [7, 11) is 0. The lowest BCUT2D eigenvalue weighted by atomic mass is 9.80. The lowest BCUT2D eigenvalue weighted by Crippen LogP contribution is -2.36. The normalized spacial score (nSPS) is 15.8. The van der Waals surface area contributed by atoms with E-state index in [9.17, 15) is 4.79 Å². The van der Waals surface area contributed by atoms with Gasteiger partial charge in [0, 0.05) is 3.57 Å². The lowest BCUT2D eigenvalue weighted by Gasteiger charge is -2.28. The molecule has 19 heavy (non-hydrogen) atoms. The summed E-state index contributed by atoms with van der Waals surface area (Å²) in [6, 6.07) is 8.01. The molecule has 1 rings (SSSR count). The van der Waals surface area contributed by atoms with E-state index >= 15 is 0 Å². The molecule has 0 heterocycles. The molecule has 1 aromatic carbocycles. The summed E-state index contributed by atoms with van der Waals surface area (Å²) in [4.78, 5) is 12.0. The minimum atomic E-state index is -0.588. The first kappa shape index (κ1) is 16.6. The topological polar surface area (TPSA) is 52.3 Å². The minimum absolute atomic E-state index is 0.120. The van der Waals surface area contributed by atoms with E-state index in [4.69, 9.17) is 10.5 Å². The molecule has 0 saturated carbocycles. The SMILES string of the molecule is CC(=O)C(C)(COCC(C)CN)c1cccc(I)c1. The predicted octanol–water partition coefficient (Wildman–Crippen LogP) is 2.75. The van der Waals surface area contributed by atoms with Crippen LogP contribution in [-0.2, 0) is 14.9 Å². The van der Waals surface area contributed by atoms with Crippen LogP contribution in [0.1, 0.15) is 26.3 Å². The fourth-order valence-electron chi connectivity index (χ4n) is 1.75. The zero-order chi connectivity index (χ0) is 14.5. The van der Waals surface area contributed by atoms with E-state index in [0.717, 1.165) is 9.13 Å². The largest absolute Gasteiger partial charge is 0.380 e. The van der Waals surface area contributed by atoms with Crippen LogP contribution in [0.2, 0.25) is 0 Å². The Morgan fingerprint density at radius 1 is 1.53 bits per heavy atom. The van der Waals surface area contributed by atoms with Crippen molar-refractivity contribution in [3.63, 3.8) is 0 Å². The van der Waals surface area contributed by atoms with E-state index in [2.05, 4.69) is 22.6 Å². The number of ether oxygens (including phenoxy) is 1. The number of ketones is 1. The number of benzene rings is 1. The number of nitrogens with two attached hydrogens (primary N) is 1. The molecule has 0 saturated heterocycles. The number of hydrogen-bond acceptors (Lipinski definition) is 3. The Morgan fingerprint density at radius 2 is 2.21 bits per heavy atom. The van der Waals surface area contributed by atoms with E-state index < -0.39 is 5.41 Å². The lowest BCUT2D eigenvalue weighted by molar-refractivity contribution is -0.124. The van der Waals surface area contributed by atoms with Crippen molar-refractivity contribution in [2.24, 2.45) is 11.7 Å². The minimum Gasteiger partial charge on any atom is -0.380 e. The number of halogens is 1. The van der Waals surface area contributed by atoms with Gasteiger partial charge in [-0.1, -0.05) is 19.1 Å². The zero-order valence-corrected chi connectivity index (χ0v) is 13.9. The van der Waals surface area contributed by atoms with Gasteiger partial charge >= 0.3 is 0 Å². The first-order valence-corrected chi connectivity index (χ1v) is 7.53. The maximum Gasteiger partial charge on any atom is 0.142 e. The average Bonchev–Trinajstić information content (AvgIpc) is 2.38. The molecule has 0 aliphatic carbocycles. The van der Waals surface area contributed by atoms with Crippen molar-refractivity contribution in [3.8, 4) is 0 Å². The van der Waals surface area contributed by atoms with Gasteiger partial charge in [-0.15, -0.1) is 0 Å². The first-order chi connectivity index (χ1) is 8.90. The molecule has 0 aromatic heterocycles. The van der Waals surface area contributed by atoms with Gasteiger partial charge in [-0.2, -0.15) is 0 Å². The van der Waals surface area contributed by atoms with E-state index in [1.165, 1.54) is 0 Å². The number of Topliss-reactive ketones (excluding diaryl/α,β-unsaturated/α-hetero) is 1. The Hall–Kier alpha value is -0.460. The highest BCUT2D eigenvalue weighted by atomic mass is 127. The molecule has 1 aromatic rings. The van der Waals surface area contributed by atoms with Crippen molar-refractivity contribution in [3.05, 3.63) is 33.4 Å². The molecule has 0 amide bonds. The Bertz CT molecular complexity index is 436.